The molecule has 34 heavy (non-hydrogen) atoms. The molecule has 0 spiro atoms. The largest absolute Gasteiger partial charge is 0.508 e. The molecule has 0 radical (unpaired) electrons. The first-order valence-electron chi connectivity index (χ1n) is 11.4. The van der Waals surface area contributed by atoms with Crippen LogP contribution in [0.25, 0.3) is 0 Å². The van der Waals surface area contributed by atoms with Crippen molar-refractivity contribution >= 4 is 34.1 Å². The van der Waals surface area contributed by atoms with Crippen LogP contribution in [0.3, 0.4) is 0 Å². The van der Waals surface area contributed by atoms with E-state index in [1.54, 1.807) is 12.1 Å². The molecule has 5 aromatic carbocycles. The third kappa shape index (κ3) is 4.50. The molecule has 0 fully saturated rings. The fourth-order valence-corrected chi connectivity index (χ4v) is 4.09. The highest BCUT2D eigenvalue weighted by molar-refractivity contribution is 5.81. The lowest BCUT2D eigenvalue weighted by Crippen LogP contribution is -2.12. The summed E-state index contributed by atoms with van der Waals surface area (Å²) in [7, 11) is 0. The molecule has 166 valence electrons. The van der Waals surface area contributed by atoms with Crippen LogP contribution in [-0.2, 0) is 0 Å². The van der Waals surface area contributed by atoms with Crippen molar-refractivity contribution in [2.24, 2.45) is 0 Å². The van der Waals surface area contributed by atoms with Gasteiger partial charge in [-0.05, 0) is 91.9 Å². The Kier molecular flexibility index (Phi) is 6.00. The summed E-state index contributed by atoms with van der Waals surface area (Å²) in [6, 6.07) is 45.1. The van der Waals surface area contributed by atoms with E-state index in [0.29, 0.717) is 0 Å². The number of phenols is 1. The fraction of sp³-hybridized carbons (Fsp3) is 0.0323. The third-order valence-corrected chi connectivity index (χ3v) is 5.79. The van der Waals surface area contributed by atoms with Gasteiger partial charge >= 0.3 is 0 Å². The van der Waals surface area contributed by atoms with Crippen LogP contribution in [0.1, 0.15) is 5.56 Å². The van der Waals surface area contributed by atoms with Gasteiger partial charge in [-0.25, -0.2) is 0 Å². The Morgan fingerprint density at radius 2 is 0.676 bits per heavy atom. The minimum absolute atomic E-state index is 0.253. The Hall–Kier alpha value is -4.50. The standard InChI is InChI=1S/C31H26N2O/c1-24-12-14-27(15-13-24)32(25-8-4-2-5-9-25)28-16-18-29(19-17-28)33(26-10-6-3-7-11-26)30-20-22-31(34)23-21-30/h2-23,34H,1H3. The highest BCUT2D eigenvalue weighted by atomic mass is 16.3. The zero-order valence-electron chi connectivity index (χ0n) is 19.0. The van der Waals surface area contributed by atoms with Crippen LogP contribution in [0.5, 0.6) is 5.75 Å². The number of aryl methyl sites for hydroxylation is 1. The van der Waals surface area contributed by atoms with Gasteiger partial charge in [0.05, 0.1) is 0 Å². The molecular formula is C31H26N2O. The molecule has 0 atom stereocenters. The summed E-state index contributed by atoms with van der Waals surface area (Å²) >= 11 is 0. The van der Waals surface area contributed by atoms with Gasteiger partial charge in [-0.15, -0.1) is 0 Å². The van der Waals surface area contributed by atoms with Crippen molar-refractivity contribution in [3.63, 3.8) is 0 Å². The van der Waals surface area contributed by atoms with Crippen molar-refractivity contribution in [2.45, 2.75) is 6.92 Å². The molecule has 0 saturated heterocycles. The van der Waals surface area contributed by atoms with E-state index < -0.39 is 0 Å². The molecule has 0 bridgehead atoms. The maximum Gasteiger partial charge on any atom is 0.115 e. The van der Waals surface area contributed by atoms with Crippen molar-refractivity contribution in [3.05, 3.63) is 139 Å². The van der Waals surface area contributed by atoms with Gasteiger partial charge < -0.3 is 14.9 Å². The van der Waals surface area contributed by atoms with Gasteiger partial charge in [-0.2, -0.15) is 0 Å². The Morgan fingerprint density at radius 1 is 0.382 bits per heavy atom. The highest BCUT2D eigenvalue weighted by Gasteiger charge is 2.15. The van der Waals surface area contributed by atoms with Crippen LogP contribution in [-0.4, -0.2) is 5.11 Å². The summed E-state index contributed by atoms with van der Waals surface area (Å²) in [4.78, 5) is 4.44. The Labute approximate surface area is 200 Å². The number of hydrogen-bond donors (Lipinski definition) is 1. The molecule has 3 nitrogen and oxygen atoms in total. The zero-order chi connectivity index (χ0) is 23.3. The van der Waals surface area contributed by atoms with Gasteiger partial charge in [0.1, 0.15) is 5.75 Å². The molecule has 0 aliphatic carbocycles. The van der Waals surface area contributed by atoms with Crippen LogP contribution >= 0.6 is 0 Å². The first-order chi connectivity index (χ1) is 16.7. The van der Waals surface area contributed by atoms with E-state index in [1.807, 2.05) is 36.4 Å². The summed E-state index contributed by atoms with van der Waals surface area (Å²) in [5.41, 5.74) is 7.62. The van der Waals surface area contributed by atoms with Gasteiger partial charge in [-0.1, -0.05) is 54.1 Å². The SMILES string of the molecule is Cc1ccc(N(c2ccccc2)c2ccc(N(c3ccccc3)c3ccc(O)cc3)cc2)cc1. The van der Waals surface area contributed by atoms with E-state index in [1.165, 1.54) is 5.56 Å². The molecule has 1 N–H and O–H groups in total. The first kappa shape index (κ1) is 21.4. The van der Waals surface area contributed by atoms with Gasteiger partial charge in [0, 0.05) is 34.1 Å². The average Bonchev–Trinajstić information content (AvgIpc) is 2.89. The van der Waals surface area contributed by atoms with Crippen molar-refractivity contribution in [2.75, 3.05) is 9.80 Å². The number of nitrogens with zero attached hydrogens (tertiary/aromatic N) is 2. The predicted octanol–water partition coefficient (Wildman–Crippen LogP) is 8.64. The quantitative estimate of drug-likeness (QED) is 0.285. The maximum absolute atomic E-state index is 9.79. The summed E-state index contributed by atoms with van der Waals surface area (Å²) in [6.45, 7) is 2.10. The lowest BCUT2D eigenvalue weighted by Gasteiger charge is -2.28. The smallest absolute Gasteiger partial charge is 0.115 e. The van der Waals surface area contributed by atoms with Crippen LogP contribution < -0.4 is 9.80 Å². The van der Waals surface area contributed by atoms with E-state index >= 15 is 0 Å². The second-order valence-corrected chi connectivity index (χ2v) is 8.21. The second kappa shape index (κ2) is 9.55. The number of hydrogen-bond acceptors (Lipinski definition) is 3. The molecule has 5 rings (SSSR count). The maximum atomic E-state index is 9.79. The van der Waals surface area contributed by atoms with Crippen LogP contribution in [0.4, 0.5) is 34.1 Å². The van der Waals surface area contributed by atoms with E-state index in [9.17, 15) is 5.11 Å². The van der Waals surface area contributed by atoms with E-state index in [4.69, 9.17) is 0 Å². The highest BCUT2D eigenvalue weighted by Crippen LogP contribution is 2.39. The van der Waals surface area contributed by atoms with Crippen LogP contribution in [0.15, 0.2) is 133 Å². The number of phenolic OH excluding ortho intramolecular Hbond substituents is 1. The Bertz CT molecular complexity index is 1220. The average molecular weight is 443 g/mol. The summed E-state index contributed by atoms with van der Waals surface area (Å²) < 4.78 is 0. The molecule has 0 saturated carbocycles. The number of para-hydroxylation sites is 2. The van der Waals surface area contributed by atoms with Crippen molar-refractivity contribution in [3.8, 4) is 5.75 Å². The number of aromatic hydroxyl groups is 1. The second-order valence-electron chi connectivity index (χ2n) is 8.21. The summed E-state index contributed by atoms with van der Waals surface area (Å²) in [6.07, 6.45) is 0. The lowest BCUT2D eigenvalue weighted by molar-refractivity contribution is 0.475. The number of rotatable bonds is 6. The molecule has 0 aromatic heterocycles. The normalized spacial score (nSPS) is 10.6. The first-order valence-corrected chi connectivity index (χ1v) is 11.4. The molecule has 0 aliphatic heterocycles. The van der Waals surface area contributed by atoms with Gasteiger partial charge in [0.25, 0.3) is 0 Å². The van der Waals surface area contributed by atoms with Crippen molar-refractivity contribution in [1.29, 1.82) is 0 Å². The van der Waals surface area contributed by atoms with Gasteiger partial charge in [-0.3, -0.25) is 0 Å². The van der Waals surface area contributed by atoms with E-state index in [0.717, 1.165) is 34.1 Å². The van der Waals surface area contributed by atoms with Crippen molar-refractivity contribution < 1.29 is 5.11 Å². The zero-order valence-corrected chi connectivity index (χ0v) is 19.0. The van der Waals surface area contributed by atoms with Gasteiger partial charge in [0.2, 0.25) is 0 Å². The van der Waals surface area contributed by atoms with Gasteiger partial charge in [0.15, 0.2) is 0 Å². The minimum Gasteiger partial charge on any atom is -0.508 e. The molecule has 5 aromatic rings. The minimum atomic E-state index is 0.253. The number of anilines is 6. The predicted molar refractivity (Wildman–Crippen MR) is 142 cm³/mol. The lowest BCUT2D eigenvalue weighted by atomic mass is 10.1. The number of benzene rings is 5. The summed E-state index contributed by atoms with van der Waals surface area (Å²) in [5.74, 6) is 0.253. The Morgan fingerprint density at radius 3 is 1.06 bits per heavy atom. The monoisotopic (exact) mass is 442 g/mol. The van der Waals surface area contributed by atoms with Crippen LogP contribution in [0, 0.1) is 6.92 Å². The topological polar surface area (TPSA) is 26.7 Å². The molecular weight excluding hydrogens is 416 g/mol. The molecule has 0 unspecified atom stereocenters. The molecule has 0 amide bonds. The van der Waals surface area contributed by atoms with E-state index in [-0.39, 0.29) is 5.75 Å². The molecule has 0 aliphatic rings. The summed E-state index contributed by atoms with van der Waals surface area (Å²) in [5, 5.41) is 9.79. The fourth-order valence-electron chi connectivity index (χ4n) is 4.09. The van der Waals surface area contributed by atoms with Crippen molar-refractivity contribution in [1.82, 2.24) is 0 Å². The van der Waals surface area contributed by atoms with E-state index in [2.05, 4.69) is 102 Å². The van der Waals surface area contributed by atoms with Crippen LogP contribution in [0.2, 0.25) is 0 Å². The third-order valence-electron chi connectivity index (χ3n) is 5.79. The Balaban J connectivity index is 1.57. The molecule has 0 heterocycles. The molecule has 3 heteroatoms.